The Hall–Kier alpha value is -2.27. The predicted molar refractivity (Wildman–Crippen MR) is 72.2 cm³/mol. The minimum atomic E-state index is -0.841. The van der Waals surface area contributed by atoms with Crippen molar-refractivity contribution in [3.63, 3.8) is 0 Å². The van der Waals surface area contributed by atoms with Gasteiger partial charge in [-0.05, 0) is 24.3 Å². The number of nitrogens with zero attached hydrogens (tertiary/aromatic N) is 1. The lowest BCUT2D eigenvalue weighted by atomic mass is 10.2. The molecule has 0 aliphatic carbocycles. The van der Waals surface area contributed by atoms with Gasteiger partial charge in [-0.2, -0.15) is 0 Å². The molecule has 0 saturated heterocycles. The second-order valence-electron chi connectivity index (χ2n) is 4.20. The summed E-state index contributed by atoms with van der Waals surface area (Å²) in [6.07, 6.45) is 0. The number of fused-ring (bicyclic) bond motifs is 2. The zero-order valence-electron chi connectivity index (χ0n) is 9.62. The van der Waals surface area contributed by atoms with Crippen molar-refractivity contribution in [2.45, 2.75) is 9.79 Å². The number of hydrogen-bond acceptors (Lipinski definition) is 4. The van der Waals surface area contributed by atoms with E-state index in [9.17, 15) is 9.59 Å². The van der Waals surface area contributed by atoms with Crippen LogP contribution in [0.1, 0.15) is 0 Å². The van der Waals surface area contributed by atoms with Crippen LogP contribution in [-0.2, 0) is 0 Å². The Morgan fingerprint density at radius 3 is 2.63 bits per heavy atom. The molecule has 0 unspecified atom stereocenters. The number of hydrogen-bond donors (Lipinski definition) is 0. The molecule has 1 aliphatic rings. The molecule has 0 saturated carbocycles. The van der Waals surface area contributed by atoms with E-state index in [0.29, 0.717) is 11.1 Å². The lowest BCUT2D eigenvalue weighted by Crippen LogP contribution is -2.33. The Morgan fingerprint density at radius 1 is 0.947 bits per heavy atom. The summed E-state index contributed by atoms with van der Waals surface area (Å²) < 4.78 is 6.51. The number of aromatic nitrogens is 1. The molecule has 5 heteroatoms. The summed E-state index contributed by atoms with van der Waals surface area (Å²) in [4.78, 5) is 25.6. The molecule has 0 amide bonds. The molecule has 1 aliphatic heterocycles. The van der Waals surface area contributed by atoms with Crippen molar-refractivity contribution >= 4 is 22.9 Å². The second-order valence-corrected chi connectivity index (χ2v) is 5.29. The minimum absolute atomic E-state index is 0.434. The third kappa shape index (κ3) is 1.36. The van der Waals surface area contributed by atoms with Crippen molar-refractivity contribution in [2.75, 3.05) is 0 Å². The van der Waals surface area contributed by atoms with Crippen LogP contribution < -0.4 is 11.2 Å². The quantitative estimate of drug-likeness (QED) is 0.460. The minimum Gasteiger partial charge on any atom is -0.417 e. The van der Waals surface area contributed by atoms with Gasteiger partial charge in [0.2, 0.25) is 0 Å². The highest BCUT2D eigenvalue weighted by atomic mass is 32.2. The first kappa shape index (κ1) is 10.6. The molecule has 0 atom stereocenters. The van der Waals surface area contributed by atoms with Gasteiger partial charge in [-0.25, -0.2) is 4.79 Å². The molecule has 19 heavy (non-hydrogen) atoms. The van der Waals surface area contributed by atoms with Gasteiger partial charge in [0.25, 0.3) is 0 Å². The van der Waals surface area contributed by atoms with Crippen molar-refractivity contribution in [3.8, 4) is 5.69 Å². The van der Waals surface area contributed by atoms with Crippen molar-refractivity contribution in [1.29, 1.82) is 0 Å². The smallest absolute Gasteiger partial charge is 0.403 e. The molecule has 0 fully saturated rings. The highest BCUT2D eigenvalue weighted by Crippen LogP contribution is 2.40. The van der Waals surface area contributed by atoms with Crippen LogP contribution in [-0.4, -0.2) is 4.57 Å². The molecule has 92 valence electrons. The van der Waals surface area contributed by atoms with E-state index in [1.807, 2.05) is 36.4 Å². The fraction of sp³-hybridized carbons (Fsp3) is 0. The van der Waals surface area contributed by atoms with Crippen LogP contribution >= 0.6 is 11.8 Å². The second kappa shape index (κ2) is 3.61. The topological polar surface area (TPSA) is 52.2 Å². The Morgan fingerprint density at radius 2 is 1.74 bits per heavy atom. The van der Waals surface area contributed by atoms with E-state index in [1.165, 1.54) is 4.57 Å². The maximum absolute atomic E-state index is 12.1. The van der Waals surface area contributed by atoms with Gasteiger partial charge in [-0.15, -0.1) is 0 Å². The summed E-state index contributed by atoms with van der Waals surface area (Å²) in [5.74, 6) is 0. The zero-order valence-corrected chi connectivity index (χ0v) is 10.4. The largest absolute Gasteiger partial charge is 0.417 e. The highest BCUT2D eigenvalue weighted by molar-refractivity contribution is 7.99. The van der Waals surface area contributed by atoms with Crippen LogP contribution in [0.4, 0.5) is 0 Å². The standard InChI is InChI=1S/C14H7NO3S/c16-13-14(17)18-9-5-3-7-11-12(9)15(13)8-4-1-2-6-10(8)19-11/h1-7H. The van der Waals surface area contributed by atoms with Crippen LogP contribution in [0.2, 0.25) is 0 Å². The van der Waals surface area contributed by atoms with Gasteiger partial charge in [-0.1, -0.05) is 30.0 Å². The van der Waals surface area contributed by atoms with Crippen molar-refractivity contribution < 1.29 is 4.42 Å². The average Bonchev–Trinajstić information content (AvgIpc) is 2.43. The Kier molecular flexibility index (Phi) is 2.02. The monoisotopic (exact) mass is 269 g/mol. The van der Waals surface area contributed by atoms with Gasteiger partial charge < -0.3 is 4.42 Å². The van der Waals surface area contributed by atoms with Crippen LogP contribution in [0, 0.1) is 0 Å². The van der Waals surface area contributed by atoms with E-state index in [-0.39, 0.29) is 0 Å². The van der Waals surface area contributed by atoms with Gasteiger partial charge in [0.05, 0.1) is 5.69 Å². The molecule has 3 aromatic rings. The molecule has 2 heterocycles. The van der Waals surface area contributed by atoms with Gasteiger partial charge in [0.15, 0.2) is 5.58 Å². The van der Waals surface area contributed by atoms with Crippen molar-refractivity contribution in [2.24, 2.45) is 0 Å². The number of para-hydroxylation sites is 2. The van der Waals surface area contributed by atoms with Crippen molar-refractivity contribution in [3.05, 3.63) is 63.2 Å². The molecule has 4 rings (SSSR count). The van der Waals surface area contributed by atoms with E-state index < -0.39 is 11.2 Å². The lowest BCUT2D eigenvalue weighted by molar-refractivity contribution is 0.537. The highest BCUT2D eigenvalue weighted by Gasteiger charge is 2.22. The van der Waals surface area contributed by atoms with E-state index in [2.05, 4.69) is 0 Å². The molecule has 2 aromatic carbocycles. The summed E-state index contributed by atoms with van der Waals surface area (Å²) in [5, 5.41) is 0. The van der Waals surface area contributed by atoms with E-state index >= 15 is 0 Å². The summed E-state index contributed by atoms with van der Waals surface area (Å²) in [6.45, 7) is 0. The Labute approximate surface area is 111 Å². The first-order valence-electron chi connectivity index (χ1n) is 5.72. The summed E-state index contributed by atoms with van der Waals surface area (Å²) in [6, 6.07) is 13.0. The van der Waals surface area contributed by atoms with E-state index in [1.54, 1.807) is 17.8 Å². The fourth-order valence-electron chi connectivity index (χ4n) is 2.30. The van der Waals surface area contributed by atoms with Crippen molar-refractivity contribution in [1.82, 2.24) is 4.57 Å². The lowest BCUT2D eigenvalue weighted by Gasteiger charge is -2.19. The Balaban J connectivity index is 2.34. The number of benzene rings is 2. The predicted octanol–water partition coefficient (Wildman–Crippen LogP) is 2.41. The van der Waals surface area contributed by atoms with Gasteiger partial charge >= 0.3 is 11.2 Å². The average molecular weight is 269 g/mol. The molecule has 1 aromatic heterocycles. The molecular formula is C14H7NO3S. The fourth-order valence-corrected chi connectivity index (χ4v) is 3.38. The maximum Gasteiger partial charge on any atom is 0.403 e. The maximum atomic E-state index is 12.1. The van der Waals surface area contributed by atoms with Crippen LogP contribution in [0.15, 0.2) is 66.3 Å². The normalized spacial score (nSPS) is 12.4. The first-order chi connectivity index (χ1) is 9.25. The first-order valence-corrected chi connectivity index (χ1v) is 6.53. The molecule has 0 radical (unpaired) electrons. The molecule has 0 spiro atoms. The third-order valence-corrected chi connectivity index (χ3v) is 4.21. The molecular weight excluding hydrogens is 262 g/mol. The van der Waals surface area contributed by atoms with Gasteiger partial charge in [-0.3, -0.25) is 9.36 Å². The summed E-state index contributed by atoms with van der Waals surface area (Å²) >= 11 is 1.57. The molecule has 0 bridgehead atoms. The van der Waals surface area contributed by atoms with Gasteiger partial charge in [0, 0.05) is 9.79 Å². The molecule has 4 nitrogen and oxygen atoms in total. The summed E-state index contributed by atoms with van der Waals surface area (Å²) in [7, 11) is 0. The molecule has 0 N–H and O–H groups in total. The van der Waals surface area contributed by atoms with Crippen LogP contribution in [0.5, 0.6) is 0 Å². The van der Waals surface area contributed by atoms with Gasteiger partial charge in [0.1, 0.15) is 5.52 Å². The van der Waals surface area contributed by atoms with E-state index in [4.69, 9.17) is 4.42 Å². The van der Waals surface area contributed by atoms with Crippen LogP contribution in [0.25, 0.3) is 16.8 Å². The SMILES string of the molecule is O=c1oc2cccc3c2n(c1=O)-c1ccccc1S3. The number of rotatable bonds is 0. The zero-order chi connectivity index (χ0) is 13.0. The third-order valence-electron chi connectivity index (χ3n) is 3.09. The van der Waals surface area contributed by atoms with Crippen LogP contribution in [0.3, 0.4) is 0 Å². The summed E-state index contributed by atoms with van der Waals surface area (Å²) in [5.41, 5.74) is 0.341. The Bertz CT molecular complexity index is 939. The van der Waals surface area contributed by atoms with E-state index in [0.717, 1.165) is 15.5 Å².